The molecule has 0 aromatic heterocycles. The number of benzene rings is 1. The van der Waals surface area contributed by atoms with Crippen LogP contribution in [-0.4, -0.2) is 31.1 Å². The van der Waals surface area contributed by atoms with Gasteiger partial charge in [0.05, 0.1) is 0 Å². The summed E-state index contributed by atoms with van der Waals surface area (Å²) in [6.07, 6.45) is 2.54. The molecule has 0 bridgehead atoms. The molecule has 0 amide bonds. The van der Waals surface area contributed by atoms with E-state index in [4.69, 9.17) is 11.6 Å². The van der Waals surface area contributed by atoms with Crippen molar-refractivity contribution in [2.75, 3.05) is 26.2 Å². The molecular weight excluding hydrogens is 322 g/mol. The maximum atomic E-state index is 14.0. The maximum Gasteiger partial charge on any atom is 0.129 e. The van der Waals surface area contributed by atoms with Gasteiger partial charge in [0.1, 0.15) is 5.82 Å². The number of piperazine rings is 1. The van der Waals surface area contributed by atoms with E-state index < -0.39 is 0 Å². The number of nitrogens with one attached hydrogen (secondary N) is 1. The second kappa shape index (κ2) is 9.59. The van der Waals surface area contributed by atoms with Crippen LogP contribution in [0.25, 0.3) is 0 Å². The molecule has 2 nitrogen and oxygen atoms in total. The van der Waals surface area contributed by atoms with Crippen LogP contribution in [0.4, 0.5) is 4.39 Å². The van der Waals surface area contributed by atoms with E-state index >= 15 is 0 Å². The molecule has 1 saturated heterocycles. The topological polar surface area (TPSA) is 15.3 Å². The number of halogens is 4. The standard InChI is InChI=1S/C14H18ClFN2.2ClH/c1-2-4-13(18-9-7-17-8-10-18)14-11(15)5-3-6-12(14)16;;/h2-3,5-6,13,17H,1,4,7-10H2;2*1H/t13-;;/m0../s1. The molecule has 1 atom stereocenters. The van der Waals surface area contributed by atoms with Crippen LogP contribution >= 0.6 is 36.4 Å². The Kier molecular flexibility index (Phi) is 9.43. The Bertz CT molecular complexity index is 403. The minimum atomic E-state index is -0.229. The molecule has 1 aromatic carbocycles. The largest absolute Gasteiger partial charge is 0.314 e. The summed E-state index contributed by atoms with van der Waals surface area (Å²) < 4.78 is 14.0. The highest BCUT2D eigenvalue weighted by molar-refractivity contribution is 6.31. The highest BCUT2D eigenvalue weighted by atomic mass is 35.5. The Morgan fingerprint density at radius 3 is 2.55 bits per heavy atom. The molecule has 1 aromatic rings. The zero-order valence-corrected chi connectivity index (χ0v) is 13.5. The molecule has 1 heterocycles. The van der Waals surface area contributed by atoms with Crippen LogP contribution in [0.1, 0.15) is 18.0 Å². The van der Waals surface area contributed by atoms with Gasteiger partial charge in [-0.3, -0.25) is 4.90 Å². The van der Waals surface area contributed by atoms with Gasteiger partial charge in [-0.25, -0.2) is 4.39 Å². The molecule has 1 N–H and O–H groups in total. The molecule has 2 rings (SSSR count). The Morgan fingerprint density at radius 1 is 1.35 bits per heavy atom. The normalized spacial score (nSPS) is 16.7. The van der Waals surface area contributed by atoms with Gasteiger partial charge < -0.3 is 5.32 Å². The SMILES string of the molecule is C=CC[C@@H](c1c(F)cccc1Cl)N1CCNCC1.Cl.Cl. The first-order valence-electron chi connectivity index (χ1n) is 6.23. The molecule has 0 radical (unpaired) electrons. The van der Waals surface area contributed by atoms with Crippen molar-refractivity contribution in [2.24, 2.45) is 0 Å². The fourth-order valence-electron chi connectivity index (χ4n) is 2.43. The summed E-state index contributed by atoms with van der Waals surface area (Å²) in [6, 6.07) is 4.85. The second-order valence-electron chi connectivity index (χ2n) is 4.46. The number of hydrogen-bond donors (Lipinski definition) is 1. The zero-order valence-electron chi connectivity index (χ0n) is 11.1. The smallest absolute Gasteiger partial charge is 0.129 e. The van der Waals surface area contributed by atoms with E-state index in [2.05, 4.69) is 16.8 Å². The van der Waals surface area contributed by atoms with Crippen molar-refractivity contribution >= 4 is 36.4 Å². The summed E-state index contributed by atoms with van der Waals surface area (Å²) in [5.41, 5.74) is 0.598. The molecule has 20 heavy (non-hydrogen) atoms. The van der Waals surface area contributed by atoms with Crippen LogP contribution < -0.4 is 5.32 Å². The summed E-state index contributed by atoms with van der Waals surface area (Å²) in [4.78, 5) is 2.27. The van der Waals surface area contributed by atoms with Crippen molar-refractivity contribution < 1.29 is 4.39 Å². The summed E-state index contributed by atoms with van der Waals surface area (Å²) in [5, 5.41) is 3.80. The fourth-order valence-corrected chi connectivity index (χ4v) is 2.72. The van der Waals surface area contributed by atoms with Crippen LogP contribution in [-0.2, 0) is 0 Å². The molecule has 1 fully saturated rings. The van der Waals surface area contributed by atoms with Crippen LogP contribution in [0.2, 0.25) is 5.02 Å². The average Bonchev–Trinajstić information content (AvgIpc) is 2.38. The molecule has 0 aliphatic carbocycles. The van der Waals surface area contributed by atoms with Crippen LogP contribution in [0.3, 0.4) is 0 Å². The highest BCUT2D eigenvalue weighted by Crippen LogP contribution is 2.32. The van der Waals surface area contributed by atoms with E-state index in [1.807, 2.05) is 6.08 Å². The molecule has 1 aliphatic rings. The first-order chi connectivity index (χ1) is 8.74. The third-order valence-electron chi connectivity index (χ3n) is 3.32. The molecule has 0 unspecified atom stereocenters. The second-order valence-corrected chi connectivity index (χ2v) is 4.87. The Balaban J connectivity index is 0.00000180. The summed E-state index contributed by atoms with van der Waals surface area (Å²) in [5.74, 6) is -0.229. The van der Waals surface area contributed by atoms with Gasteiger partial charge in [-0.15, -0.1) is 31.4 Å². The van der Waals surface area contributed by atoms with Crippen molar-refractivity contribution in [1.29, 1.82) is 0 Å². The molecular formula is C14H20Cl3FN2. The highest BCUT2D eigenvalue weighted by Gasteiger charge is 2.25. The minimum absolute atomic E-state index is 0. The van der Waals surface area contributed by atoms with Gasteiger partial charge in [-0.05, 0) is 18.6 Å². The lowest BCUT2D eigenvalue weighted by Gasteiger charge is -2.35. The zero-order chi connectivity index (χ0) is 13.0. The van der Waals surface area contributed by atoms with Crippen LogP contribution in [0, 0.1) is 5.82 Å². The van der Waals surface area contributed by atoms with Gasteiger partial charge in [-0.1, -0.05) is 23.7 Å². The summed E-state index contributed by atoms with van der Waals surface area (Å²) in [6.45, 7) is 7.44. The van der Waals surface area contributed by atoms with Gasteiger partial charge in [0.15, 0.2) is 0 Å². The predicted molar refractivity (Wildman–Crippen MR) is 87.9 cm³/mol. The summed E-state index contributed by atoms with van der Waals surface area (Å²) in [7, 11) is 0. The van der Waals surface area contributed by atoms with E-state index in [0.29, 0.717) is 17.0 Å². The summed E-state index contributed by atoms with van der Waals surface area (Å²) >= 11 is 6.16. The number of rotatable bonds is 4. The third kappa shape index (κ3) is 4.61. The first-order valence-corrected chi connectivity index (χ1v) is 6.61. The van der Waals surface area contributed by atoms with Crippen molar-refractivity contribution in [2.45, 2.75) is 12.5 Å². The van der Waals surface area contributed by atoms with Crippen molar-refractivity contribution in [1.82, 2.24) is 10.2 Å². The molecule has 6 heteroatoms. The fraction of sp³-hybridized carbons (Fsp3) is 0.429. The molecule has 1 aliphatic heterocycles. The first kappa shape index (κ1) is 19.7. The lowest BCUT2D eigenvalue weighted by atomic mass is 10.0. The van der Waals surface area contributed by atoms with Gasteiger partial charge in [0.25, 0.3) is 0 Å². The maximum absolute atomic E-state index is 14.0. The van der Waals surface area contributed by atoms with Gasteiger partial charge in [-0.2, -0.15) is 0 Å². The average molecular weight is 342 g/mol. The Labute approximate surface area is 137 Å². The quantitative estimate of drug-likeness (QED) is 0.837. The number of nitrogens with zero attached hydrogens (tertiary/aromatic N) is 1. The van der Waals surface area contributed by atoms with Crippen molar-refractivity contribution in [3.63, 3.8) is 0 Å². The van der Waals surface area contributed by atoms with Crippen molar-refractivity contribution in [3.8, 4) is 0 Å². The minimum Gasteiger partial charge on any atom is -0.314 e. The predicted octanol–water partition coefficient (Wildman–Crippen LogP) is 3.85. The van der Waals surface area contributed by atoms with E-state index in [1.165, 1.54) is 6.07 Å². The Hall–Kier alpha value is -0.320. The van der Waals surface area contributed by atoms with Crippen molar-refractivity contribution in [3.05, 3.63) is 47.3 Å². The lowest BCUT2D eigenvalue weighted by molar-refractivity contribution is 0.171. The number of hydrogen-bond acceptors (Lipinski definition) is 2. The third-order valence-corrected chi connectivity index (χ3v) is 3.64. The molecule has 114 valence electrons. The van der Waals surface area contributed by atoms with Gasteiger partial charge in [0.2, 0.25) is 0 Å². The van der Waals surface area contributed by atoms with Gasteiger partial charge >= 0.3 is 0 Å². The van der Waals surface area contributed by atoms with E-state index in [0.717, 1.165) is 26.2 Å². The Morgan fingerprint density at radius 2 is 2.00 bits per heavy atom. The van der Waals surface area contributed by atoms with E-state index in [9.17, 15) is 4.39 Å². The van der Waals surface area contributed by atoms with Crippen LogP contribution in [0.15, 0.2) is 30.9 Å². The monoisotopic (exact) mass is 340 g/mol. The molecule has 0 saturated carbocycles. The van der Waals surface area contributed by atoms with Gasteiger partial charge in [0, 0.05) is 42.8 Å². The van der Waals surface area contributed by atoms with E-state index in [-0.39, 0.29) is 36.7 Å². The van der Waals surface area contributed by atoms with E-state index in [1.54, 1.807) is 12.1 Å². The van der Waals surface area contributed by atoms with Crippen LogP contribution in [0.5, 0.6) is 0 Å². The molecule has 0 spiro atoms. The lowest BCUT2D eigenvalue weighted by Crippen LogP contribution is -2.45.